The Balaban J connectivity index is 1.82. The van der Waals surface area contributed by atoms with Crippen LogP contribution in [-0.4, -0.2) is 6.61 Å². The largest absolute Gasteiger partial charge is 0.370 e. The van der Waals surface area contributed by atoms with Crippen molar-refractivity contribution in [1.82, 2.24) is 0 Å². The molecule has 0 aliphatic carbocycles. The zero-order chi connectivity index (χ0) is 13.3. The van der Waals surface area contributed by atoms with Gasteiger partial charge in [-0.3, -0.25) is 0 Å². The third kappa shape index (κ3) is 2.54. The molecular formula is C17H17ClO. The van der Waals surface area contributed by atoms with E-state index in [9.17, 15) is 0 Å². The van der Waals surface area contributed by atoms with Crippen molar-refractivity contribution in [2.24, 2.45) is 0 Å². The summed E-state index contributed by atoms with van der Waals surface area (Å²) in [6.07, 6.45) is 1.01. The van der Waals surface area contributed by atoms with E-state index in [-0.39, 0.29) is 5.60 Å². The summed E-state index contributed by atoms with van der Waals surface area (Å²) in [5.41, 5.74) is 2.39. The van der Waals surface area contributed by atoms with Crippen molar-refractivity contribution >= 4 is 11.6 Å². The summed E-state index contributed by atoms with van der Waals surface area (Å²) in [5.74, 6) is 0.447. The van der Waals surface area contributed by atoms with Gasteiger partial charge in [-0.15, -0.1) is 0 Å². The Hall–Kier alpha value is -1.31. The fourth-order valence-electron chi connectivity index (χ4n) is 2.81. The molecule has 0 aromatic heterocycles. The zero-order valence-electron chi connectivity index (χ0n) is 11.0. The van der Waals surface area contributed by atoms with Crippen LogP contribution >= 0.6 is 11.6 Å². The lowest BCUT2D eigenvalue weighted by Gasteiger charge is -2.23. The van der Waals surface area contributed by atoms with Crippen molar-refractivity contribution < 1.29 is 4.74 Å². The Kier molecular flexibility index (Phi) is 3.34. The molecule has 1 aliphatic rings. The van der Waals surface area contributed by atoms with E-state index in [2.05, 4.69) is 43.3 Å². The predicted octanol–water partition coefficient (Wildman–Crippen LogP) is 4.76. The SMILES string of the molecule is C[C@]1(c2ccccc2)C[C@@H](c2ccc(Cl)cc2)CO1. The van der Waals surface area contributed by atoms with Gasteiger partial charge in [0.25, 0.3) is 0 Å². The Bertz CT molecular complexity index is 549. The molecule has 2 aromatic carbocycles. The van der Waals surface area contributed by atoms with Crippen molar-refractivity contribution in [2.75, 3.05) is 6.61 Å². The summed E-state index contributed by atoms with van der Waals surface area (Å²) in [4.78, 5) is 0. The highest BCUT2D eigenvalue weighted by Crippen LogP contribution is 2.42. The second kappa shape index (κ2) is 4.99. The van der Waals surface area contributed by atoms with E-state index in [1.807, 2.05) is 18.2 Å². The Labute approximate surface area is 119 Å². The van der Waals surface area contributed by atoms with Gasteiger partial charge in [0.1, 0.15) is 0 Å². The second-order valence-electron chi connectivity index (χ2n) is 5.36. The van der Waals surface area contributed by atoms with Gasteiger partial charge < -0.3 is 4.74 Å². The molecule has 0 unspecified atom stereocenters. The van der Waals surface area contributed by atoms with Crippen molar-refractivity contribution in [1.29, 1.82) is 0 Å². The van der Waals surface area contributed by atoms with Crippen LogP contribution in [0.15, 0.2) is 54.6 Å². The van der Waals surface area contributed by atoms with Gasteiger partial charge in [-0.05, 0) is 36.6 Å². The summed E-state index contributed by atoms with van der Waals surface area (Å²) in [6, 6.07) is 18.6. The third-order valence-corrected chi connectivity index (χ3v) is 4.22. The molecule has 1 nitrogen and oxygen atoms in total. The smallest absolute Gasteiger partial charge is 0.0910 e. The molecule has 3 rings (SSSR count). The molecule has 0 bridgehead atoms. The van der Waals surface area contributed by atoms with E-state index < -0.39 is 0 Å². The topological polar surface area (TPSA) is 9.23 Å². The minimum absolute atomic E-state index is 0.175. The van der Waals surface area contributed by atoms with Crippen molar-refractivity contribution in [2.45, 2.75) is 24.9 Å². The van der Waals surface area contributed by atoms with Gasteiger partial charge in [-0.25, -0.2) is 0 Å². The van der Waals surface area contributed by atoms with Crippen LogP contribution in [0.2, 0.25) is 5.02 Å². The first kappa shape index (κ1) is 12.7. The average molecular weight is 273 g/mol. The molecule has 2 aromatic rings. The lowest BCUT2D eigenvalue weighted by Crippen LogP contribution is -2.19. The Morgan fingerprint density at radius 3 is 2.42 bits per heavy atom. The van der Waals surface area contributed by atoms with Crippen LogP contribution in [0.5, 0.6) is 0 Å². The lowest BCUT2D eigenvalue weighted by atomic mass is 9.86. The summed E-state index contributed by atoms with van der Waals surface area (Å²) in [6.45, 7) is 2.95. The summed E-state index contributed by atoms with van der Waals surface area (Å²) >= 11 is 5.94. The molecule has 0 saturated carbocycles. The fraction of sp³-hybridized carbons (Fsp3) is 0.294. The Morgan fingerprint density at radius 1 is 1.05 bits per heavy atom. The molecule has 1 aliphatic heterocycles. The molecule has 0 spiro atoms. The van der Waals surface area contributed by atoms with Crippen LogP contribution in [0.3, 0.4) is 0 Å². The van der Waals surface area contributed by atoms with Crippen LogP contribution in [0.4, 0.5) is 0 Å². The first-order chi connectivity index (χ1) is 9.17. The number of rotatable bonds is 2. The van der Waals surface area contributed by atoms with Crippen molar-refractivity contribution in [3.05, 3.63) is 70.7 Å². The quantitative estimate of drug-likeness (QED) is 0.766. The van der Waals surface area contributed by atoms with Gasteiger partial charge in [0, 0.05) is 10.9 Å². The average Bonchev–Trinajstić information content (AvgIpc) is 2.85. The highest BCUT2D eigenvalue weighted by atomic mass is 35.5. The van der Waals surface area contributed by atoms with Gasteiger partial charge >= 0.3 is 0 Å². The maximum atomic E-state index is 6.09. The highest BCUT2D eigenvalue weighted by Gasteiger charge is 2.38. The number of benzene rings is 2. The van der Waals surface area contributed by atoms with Crippen molar-refractivity contribution in [3.8, 4) is 0 Å². The molecule has 1 heterocycles. The molecular weight excluding hydrogens is 256 g/mol. The molecule has 2 atom stereocenters. The molecule has 19 heavy (non-hydrogen) atoms. The van der Waals surface area contributed by atoms with E-state index in [4.69, 9.17) is 16.3 Å². The summed E-state index contributed by atoms with van der Waals surface area (Å²) in [5, 5.41) is 0.786. The number of hydrogen-bond acceptors (Lipinski definition) is 1. The van der Waals surface area contributed by atoms with Crippen LogP contribution in [-0.2, 0) is 10.3 Å². The van der Waals surface area contributed by atoms with Gasteiger partial charge in [0.15, 0.2) is 0 Å². The molecule has 0 N–H and O–H groups in total. The standard InChI is InChI=1S/C17H17ClO/c1-17(15-5-3-2-4-6-15)11-14(12-19-17)13-7-9-16(18)10-8-13/h2-10,14H,11-12H2,1H3/t14-,17-/m1/s1. The first-order valence-electron chi connectivity index (χ1n) is 6.62. The number of hydrogen-bond donors (Lipinski definition) is 0. The molecule has 0 radical (unpaired) electrons. The van der Waals surface area contributed by atoms with Crippen LogP contribution in [0, 0.1) is 0 Å². The van der Waals surface area contributed by atoms with E-state index >= 15 is 0 Å². The second-order valence-corrected chi connectivity index (χ2v) is 5.80. The fourth-order valence-corrected chi connectivity index (χ4v) is 2.94. The van der Waals surface area contributed by atoms with E-state index in [1.54, 1.807) is 0 Å². The molecule has 1 saturated heterocycles. The number of halogens is 1. The minimum atomic E-state index is -0.175. The van der Waals surface area contributed by atoms with Crippen molar-refractivity contribution in [3.63, 3.8) is 0 Å². The normalized spacial score (nSPS) is 26.5. The molecule has 1 fully saturated rings. The zero-order valence-corrected chi connectivity index (χ0v) is 11.7. The maximum absolute atomic E-state index is 6.09. The van der Waals surface area contributed by atoms with Crippen LogP contribution in [0.25, 0.3) is 0 Å². The first-order valence-corrected chi connectivity index (χ1v) is 7.00. The minimum Gasteiger partial charge on any atom is -0.370 e. The lowest BCUT2D eigenvalue weighted by molar-refractivity contribution is 0.0164. The number of ether oxygens (including phenoxy) is 1. The summed E-state index contributed by atoms with van der Waals surface area (Å²) < 4.78 is 6.09. The van der Waals surface area contributed by atoms with Gasteiger partial charge in [-0.1, -0.05) is 54.1 Å². The van der Waals surface area contributed by atoms with Crippen LogP contribution in [0.1, 0.15) is 30.4 Å². The van der Waals surface area contributed by atoms with Crippen LogP contribution < -0.4 is 0 Å². The predicted molar refractivity (Wildman–Crippen MR) is 78.6 cm³/mol. The Morgan fingerprint density at radius 2 is 1.74 bits per heavy atom. The molecule has 0 amide bonds. The van der Waals surface area contributed by atoms with E-state index in [0.717, 1.165) is 18.1 Å². The maximum Gasteiger partial charge on any atom is 0.0910 e. The van der Waals surface area contributed by atoms with E-state index in [1.165, 1.54) is 11.1 Å². The molecule has 98 valence electrons. The highest BCUT2D eigenvalue weighted by molar-refractivity contribution is 6.30. The van der Waals surface area contributed by atoms with Gasteiger partial charge in [0.05, 0.1) is 12.2 Å². The molecule has 2 heteroatoms. The third-order valence-electron chi connectivity index (χ3n) is 3.96. The summed E-state index contributed by atoms with van der Waals surface area (Å²) in [7, 11) is 0. The van der Waals surface area contributed by atoms with E-state index in [0.29, 0.717) is 5.92 Å². The monoisotopic (exact) mass is 272 g/mol. The van der Waals surface area contributed by atoms with Gasteiger partial charge in [0.2, 0.25) is 0 Å². The van der Waals surface area contributed by atoms with Gasteiger partial charge in [-0.2, -0.15) is 0 Å².